The summed E-state index contributed by atoms with van der Waals surface area (Å²) in [6.07, 6.45) is 5.23. The van der Waals surface area contributed by atoms with Crippen LogP contribution in [0.3, 0.4) is 0 Å². The van der Waals surface area contributed by atoms with Crippen LogP contribution in [0.4, 0.5) is 4.39 Å². The number of fused-ring (bicyclic) bond motifs is 1. The second kappa shape index (κ2) is 12.5. The number of ether oxygens (including phenoxy) is 1. The minimum atomic E-state index is -0.919. The molecular formula is C30H37FN2O4. The summed E-state index contributed by atoms with van der Waals surface area (Å²) in [5, 5.41) is 21.6. The van der Waals surface area contributed by atoms with Gasteiger partial charge in [0.15, 0.2) is 0 Å². The molecule has 4 rings (SSSR count). The van der Waals surface area contributed by atoms with E-state index < -0.39 is 18.7 Å². The van der Waals surface area contributed by atoms with E-state index in [9.17, 15) is 19.4 Å². The second-order valence-electron chi connectivity index (χ2n) is 10.3. The highest BCUT2D eigenvalue weighted by atomic mass is 19.1. The first-order valence-electron chi connectivity index (χ1n) is 13.1. The Hall–Kier alpha value is -3.03. The average molecular weight is 509 g/mol. The largest absolute Gasteiger partial charge is 0.497 e. The van der Waals surface area contributed by atoms with Crippen LogP contribution in [-0.4, -0.2) is 52.8 Å². The number of hydrogen-bond donors (Lipinski definition) is 2. The first kappa shape index (κ1) is 27.0. The van der Waals surface area contributed by atoms with Crippen LogP contribution in [0.1, 0.15) is 61.3 Å². The van der Waals surface area contributed by atoms with Gasteiger partial charge in [-0.25, -0.2) is 4.39 Å². The minimum Gasteiger partial charge on any atom is -0.497 e. The molecule has 1 fully saturated rings. The van der Waals surface area contributed by atoms with Gasteiger partial charge in [0.25, 0.3) is 0 Å². The van der Waals surface area contributed by atoms with Gasteiger partial charge in [0.05, 0.1) is 25.2 Å². The molecule has 0 unspecified atom stereocenters. The van der Waals surface area contributed by atoms with Crippen LogP contribution in [0.2, 0.25) is 0 Å². The van der Waals surface area contributed by atoms with Crippen molar-refractivity contribution in [2.75, 3.05) is 26.7 Å². The first-order valence-corrected chi connectivity index (χ1v) is 13.1. The highest BCUT2D eigenvalue weighted by Gasteiger charge is 2.37. The molecule has 198 valence electrons. The van der Waals surface area contributed by atoms with Crippen molar-refractivity contribution in [3.05, 3.63) is 71.4 Å². The smallest absolute Gasteiger partial charge is 0.303 e. The number of aliphatic hydroxyl groups is 1. The Morgan fingerprint density at radius 3 is 2.62 bits per heavy atom. The zero-order valence-corrected chi connectivity index (χ0v) is 21.5. The van der Waals surface area contributed by atoms with E-state index in [1.165, 1.54) is 11.8 Å². The molecule has 7 heteroatoms. The Labute approximate surface area is 218 Å². The number of carboxylic acids is 1. The fourth-order valence-corrected chi connectivity index (χ4v) is 5.69. The van der Waals surface area contributed by atoms with Gasteiger partial charge in [-0.05, 0) is 92.9 Å². The van der Waals surface area contributed by atoms with Gasteiger partial charge in [-0.2, -0.15) is 0 Å². The predicted molar refractivity (Wildman–Crippen MR) is 142 cm³/mol. The average Bonchev–Trinajstić information content (AvgIpc) is 2.92. The number of benzene rings is 2. The SMILES string of the molecule is COc1ccc2ncc(CF)c([C@@H](O)CCC3(CC(=O)O)CCN(CCCc4ccccc4)CC3)c2c1. The van der Waals surface area contributed by atoms with Gasteiger partial charge >= 0.3 is 5.97 Å². The Kier molecular flexibility index (Phi) is 9.11. The number of aromatic nitrogens is 1. The lowest BCUT2D eigenvalue weighted by molar-refractivity contribution is -0.141. The maximum Gasteiger partial charge on any atom is 0.303 e. The summed E-state index contributed by atoms with van der Waals surface area (Å²) < 4.78 is 19.2. The van der Waals surface area contributed by atoms with Crippen molar-refractivity contribution in [1.82, 2.24) is 9.88 Å². The van der Waals surface area contributed by atoms with Crippen LogP contribution in [-0.2, 0) is 17.9 Å². The molecule has 0 radical (unpaired) electrons. The van der Waals surface area contributed by atoms with Crippen LogP contribution in [0.15, 0.2) is 54.7 Å². The van der Waals surface area contributed by atoms with Gasteiger partial charge in [-0.3, -0.25) is 9.78 Å². The molecule has 37 heavy (non-hydrogen) atoms. The molecule has 0 amide bonds. The molecule has 6 nitrogen and oxygen atoms in total. The number of aliphatic hydroxyl groups excluding tert-OH is 1. The van der Waals surface area contributed by atoms with Crippen molar-refractivity contribution in [3.63, 3.8) is 0 Å². The molecule has 1 atom stereocenters. The van der Waals surface area contributed by atoms with Crippen molar-refractivity contribution in [1.29, 1.82) is 0 Å². The zero-order valence-electron chi connectivity index (χ0n) is 21.5. The number of methoxy groups -OCH3 is 1. The van der Waals surface area contributed by atoms with Crippen LogP contribution in [0, 0.1) is 5.41 Å². The number of carbonyl (C=O) groups is 1. The fourth-order valence-electron chi connectivity index (χ4n) is 5.69. The van der Waals surface area contributed by atoms with Crippen LogP contribution < -0.4 is 4.74 Å². The predicted octanol–water partition coefficient (Wildman–Crippen LogP) is 5.72. The van der Waals surface area contributed by atoms with Gasteiger partial charge in [0.2, 0.25) is 0 Å². The topological polar surface area (TPSA) is 82.9 Å². The molecule has 0 aliphatic carbocycles. The number of rotatable bonds is 12. The van der Waals surface area contributed by atoms with Gasteiger partial charge in [-0.15, -0.1) is 0 Å². The third kappa shape index (κ3) is 6.84. The molecule has 1 saturated heterocycles. The van der Waals surface area contributed by atoms with Crippen molar-refractivity contribution in [2.45, 2.75) is 57.7 Å². The van der Waals surface area contributed by atoms with E-state index in [0.29, 0.717) is 40.6 Å². The monoisotopic (exact) mass is 508 g/mol. The zero-order chi connectivity index (χ0) is 26.3. The number of halogens is 1. The number of hydrogen-bond acceptors (Lipinski definition) is 5. The molecule has 1 aliphatic heterocycles. The van der Waals surface area contributed by atoms with Crippen molar-refractivity contribution < 1.29 is 24.1 Å². The second-order valence-corrected chi connectivity index (χ2v) is 10.3. The quantitative estimate of drug-likeness (QED) is 0.326. The normalized spacial score (nSPS) is 16.5. The van der Waals surface area contributed by atoms with Crippen molar-refractivity contribution in [3.8, 4) is 5.75 Å². The van der Waals surface area contributed by atoms with E-state index in [1.54, 1.807) is 25.3 Å². The van der Waals surface area contributed by atoms with E-state index in [1.807, 2.05) is 6.07 Å². The first-order chi connectivity index (χ1) is 17.9. The van der Waals surface area contributed by atoms with Crippen LogP contribution >= 0.6 is 0 Å². The summed E-state index contributed by atoms with van der Waals surface area (Å²) in [6, 6.07) is 15.8. The number of likely N-dealkylation sites (tertiary alicyclic amines) is 1. The third-order valence-electron chi connectivity index (χ3n) is 7.85. The van der Waals surface area contributed by atoms with E-state index in [0.717, 1.165) is 45.3 Å². The highest BCUT2D eigenvalue weighted by Crippen LogP contribution is 2.42. The number of aryl methyl sites for hydroxylation is 1. The standard InChI is InChI=1S/C30H37FN2O4/c1-37-24-9-10-26-25(18-24)29(23(20-31)21-32-26)27(34)11-12-30(19-28(35)36)13-16-33(17-14-30)15-5-8-22-6-3-2-4-7-22/h2-4,6-7,9-10,18,21,27,34H,5,8,11-17,19-20H2,1H3,(H,35,36)/t27-/m0/s1. The van der Waals surface area contributed by atoms with Crippen LogP contribution in [0.5, 0.6) is 5.75 Å². The van der Waals surface area contributed by atoms with Gasteiger partial charge in [-0.1, -0.05) is 30.3 Å². The van der Waals surface area contributed by atoms with Gasteiger partial charge in [0.1, 0.15) is 12.4 Å². The maximum atomic E-state index is 13.9. The number of piperidine rings is 1. The molecule has 1 aliphatic rings. The molecule has 0 saturated carbocycles. The fraction of sp³-hybridized carbons (Fsp3) is 0.467. The summed E-state index contributed by atoms with van der Waals surface area (Å²) in [7, 11) is 1.56. The summed E-state index contributed by atoms with van der Waals surface area (Å²) in [6.45, 7) is 1.96. The molecule has 0 spiro atoms. The molecule has 0 bridgehead atoms. The Morgan fingerprint density at radius 1 is 1.19 bits per heavy atom. The Balaban J connectivity index is 1.42. The number of aliphatic carboxylic acids is 1. The highest BCUT2D eigenvalue weighted by molar-refractivity contribution is 5.85. The molecule has 3 aromatic rings. The van der Waals surface area contributed by atoms with E-state index >= 15 is 0 Å². The summed E-state index contributed by atoms with van der Waals surface area (Å²) in [5.74, 6) is -0.198. The Morgan fingerprint density at radius 2 is 1.95 bits per heavy atom. The molecule has 2 heterocycles. The lowest BCUT2D eigenvalue weighted by atomic mass is 9.71. The number of pyridine rings is 1. The van der Waals surface area contributed by atoms with E-state index in [4.69, 9.17) is 4.74 Å². The van der Waals surface area contributed by atoms with Gasteiger partial charge in [0, 0.05) is 17.1 Å². The number of nitrogens with zero attached hydrogens (tertiary/aromatic N) is 2. The maximum absolute atomic E-state index is 13.9. The lowest BCUT2D eigenvalue weighted by Gasteiger charge is -2.41. The summed E-state index contributed by atoms with van der Waals surface area (Å²) in [5.41, 5.74) is 2.50. The minimum absolute atomic E-state index is 0.0818. The molecule has 2 N–H and O–H groups in total. The van der Waals surface area contributed by atoms with Crippen molar-refractivity contribution in [2.24, 2.45) is 5.41 Å². The lowest BCUT2D eigenvalue weighted by Crippen LogP contribution is -2.41. The van der Waals surface area contributed by atoms with Gasteiger partial charge < -0.3 is 19.8 Å². The molecular weight excluding hydrogens is 471 g/mol. The summed E-state index contributed by atoms with van der Waals surface area (Å²) >= 11 is 0. The Bertz CT molecular complexity index is 1170. The van der Waals surface area contributed by atoms with Crippen LogP contribution in [0.25, 0.3) is 10.9 Å². The number of carboxylic acid groups (broad SMARTS) is 1. The van der Waals surface area contributed by atoms with Crippen molar-refractivity contribution >= 4 is 16.9 Å². The summed E-state index contributed by atoms with van der Waals surface area (Å²) in [4.78, 5) is 18.6. The third-order valence-corrected chi connectivity index (χ3v) is 7.85. The van der Waals surface area contributed by atoms with E-state index in [-0.39, 0.29) is 11.8 Å². The van der Waals surface area contributed by atoms with E-state index in [2.05, 4.69) is 34.1 Å². The number of alkyl halides is 1. The molecule has 1 aromatic heterocycles. The molecule has 2 aromatic carbocycles.